The number of carbonyl (C=O) groups is 1. The Kier molecular flexibility index (Phi) is 4.59. The van der Waals surface area contributed by atoms with Gasteiger partial charge in [-0.05, 0) is 42.0 Å². The van der Waals surface area contributed by atoms with Crippen molar-refractivity contribution in [1.29, 1.82) is 5.26 Å². The highest BCUT2D eigenvalue weighted by Gasteiger charge is 2.08. The first-order valence-electron chi connectivity index (χ1n) is 7.23. The third kappa shape index (κ3) is 3.62. The molecule has 6 heteroatoms. The van der Waals surface area contributed by atoms with Gasteiger partial charge in [-0.1, -0.05) is 23.7 Å². The zero-order valence-corrected chi connectivity index (χ0v) is 13.4. The maximum Gasteiger partial charge on any atom is 0.255 e. The van der Waals surface area contributed by atoms with Gasteiger partial charge in [-0.3, -0.25) is 9.48 Å². The molecule has 3 aromatic rings. The lowest BCUT2D eigenvalue weighted by Crippen LogP contribution is -2.12. The number of hydrogen-bond acceptors (Lipinski definition) is 3. The molecule has 0 aliphatic carbocycles. The summed E-state index contributed by atoms with van der Waals surface area (Å²) in [5, 5.41) is 16.1. The first-order valence-corrected chi connectivity index (χ1v) is 7.61. The predicted molar refractivity (Wildman–Crippen MR) is 91.9 cm³/mol. The van der Waals surface area contributed by atoms with Crippen molar-refractivity contribution in [3.05, 3.63) is 82.6 Å². The van der Waals surface area contributed by atoms with Gasteiger partial charge in [0.05, 0.1) is 17.1 Å². The number of anilines is 1. The van der Waals surface area contributed by atoms with E-state index in [0.717, 1.165) is 5.56 Å². The van der Waals surface area contributed by atoms with Gasteiger partial charge in [0.25, 0.3) is 5.91 Å². The van der Waals surface area contributed by atoms with Gasteiger partial charge in [0, 0.05) is 23.6 Å². The number of hydrogen-bond donors (Lipinski definition) is 1. The number of halogens is 1. The van der Waals surface area contributed by atoms with Gasteiger partial charge in [0.1, 0.15) is 6.07 Å². The van der Waals surface area contributed by atoms with Gasteiger partial charge >= 0.3 is 0 Å². The highest BCUT2D eigenvalue weighted by atomic mass is 35.5. The number of benzene rings is 2. The number of rotatable bonds is 4. The van der Waals surface area contributed by atoms with Crippen LogP contribution in [0.15, 0.2) is 60.9 Å². The van der Waals surface area contributed by atoms with Crippen molar-refractivity contribution < 1.29 is 4.79 Å². The fourth-order valence-electron chi connectivity index (χ4n) is 2.23. The quantitative estimate of drug-likeness (QED) is 0.789. The normalized spacial score (nSPS) is 10.2. The largest absolute Gasteiger partial charge is 0.322 e. The third-order valence-electron chi connectivity index (χ3n) is 3.47. The van der Waals surface area contributed by atoms with E-state index < -0.39 is 0 Å². The van der Waals surface area contributed by atoms with E-state index in [1.165, 1.54) is 0 Å². The van der Waals surface area contributed by atoms with Crippen LogP contribution < -0.4 is 5.32 Å². The molecule has 118 valence electrons. The molecule has 0 unspecified atom stereocenters. The van der Waals surface area contributed by atoms with E-state index in [2.05, 4.69) is 10.4 Å². The van der Waals surface area contributed by atoms with Gasteiger partial charge in [-0.25, -0.2) is 0 Å². The molecule has 24 heavy (non-hydrogen) atoms. The lowest BCUT2D eigenvalue weighted by atomic mass is 10.1. The average molecular weight is 337 g/mol. The number of amides is 1. The van der Waals surface area contributed by atoms with Crippen LogP contribution in [0.25, 0.3) is 0 Å². The second kappa shape index (κ2) is 6.99. The molecule has 0 atom stereocenters. The molecule has 0 radical (unpaired) electrons. The summed E-state index contributed by atoms with van der Waals surface area (Å²) in [5.41, 5.74) is 2.51. The molecule has 5 nitrogen and oxygen atoms in total. The standard InChI is InChI=1S/C18H13ClN4O/c19-17-10-16(7-6-15(17)11-20)22-18(24)14-4-2-13(3-5-14)12-23-9-1-8-21-23/h1-10H,12H2,(H,22,24). The Morgan fingerprint density at radius 1 is 1.25 bits per heavy atom. The minimum atomic E-state index is -0.235. The monoisotopic (exact) mass is 336 g/mol. The zero-order chi connectivity index (χ0) is 16.9. The molecule has 1 amide bonds. The zero-order valence-electron chi connectivity index (χ0n) is 12.6. The van der Waals surface area contributed by atoms with E-state index in [-0.39, 0.29) is 5.91 Å². The summed E-state index contributed by atoms with van der Waals surface area (Å²) < 4.78 is 1.81. The predicted octanol–water partition coefficient (Wildman–Crippen LogP) is 3.71. The number of aromatic nitrogens is 2. The fourth-order valence-corrected chi connectivity index (χ4v) is 2.45. The Bertz CT molecular complexity index is 896. The van der Waals surface area contributed by atoms with Crippen LogP contribution in [0.4, 0.5) is 5.69 Å². The van der Waals surface area contributed by atoms with Crippen LogP contribution >= 0.6 is 11.6 Å². The first kappa shape index (κ1) is 15.8. The summed E-state index contributed by atoms with van der Waals surface area (Å²) >= 11 is 5.97. The van der Waals surface area contributed by atoms with Crippen LogP contribution in [0.1, 0.15) is 21.5 Å². The van der Waals surface area contributed by atoms with Crippen LogP contribution in [0.5, 0.6) is 0 Å². The van der Waals surface area contributed by atoms with Crippen LogP contribution in [-0.2, 0) is 6.54 Å². The highest BCUT2D eigenvalue weighted by molar-refractivity contribution is 6.32. The Labute approximate surface area is 144 Å². The maximum absolute atomic E-state index is 12.3. The SMILES string of the molecule is N#Cc1ccc(NC(=O)c2ccc(Cn3cccn3)cc2)cc1Cl. The molecule has 0 bridgehead atoms. The highest BCUT2D eigenvalue weighted by Crippen LogP contribution is 2.20. The number of nitrogens with one attached hydrogen (secondary N) is 1. The van der Waals surface area contributed by atoms with E-state index >= 15 is 0 Å². The van der Waals surface area contributed by atoms with E-state index in [1.54, 1.807) is 36.5 Å². The second-order valence-electron chi connectivity index (χ2n) is 5.16. The minimum absolute atomic E-state index is 0.235. The number of nitrogens with zero attached hydrogens (tertiary/aromatic N) is 3. The van der Waals surface area contributed by atoms with E-state index in [1.807, 2.05) is 35.1 Å². The van der Waals surface area contributed by atoms with Crippen molar-refractivity contribution in [3.63, 3.8) is 0 Å². The van der Waals surface area contributed by atoms with E-state index in [4.69, 9.17) is 16.9 Å². The molecule has 0 aliphatic heterocycles. The summed E-state index contributed by atoms with van der Waals surface area (Å²) in [6.45, 7) is 0.653. The van der Waals surface area contributed by atoms with Crippen LogP contribution in [0.2, 0.25) is 5.02 Å². The summed E-state index contributed by atoms with van der Waals surface area (Å²) in [6, 6.07) is 15.9. The van der Waals surface area contributed by atoms with Crippen molar-refractivity contribution in [1.82, 2.24) is 9.78 Å². The molecule has 0 saturated carbocycles. The fraction of sp³-hybridized carbons (Fsp3) is 0.0556. The van der Waals surface area contributed by atoms with Crippen molar-refractivity contribution >= 4 is 23.2 Å². The molecule has 1 aromatic heterocycles. The van der Waals surface area contributed by atoms with Crippen molar-refractivity contribution in [2.24, 2.45) is 0 Å². The Balaban J connectivity index is 1.69. The summed E-state index contributed by atoms with van der Waals surface area (Å²) in [6.07, 6.45) is 3.61. The smallest absolute Gasteiger partial charge is 0.255 e. The molecule has 1 N–H and O–H groups in total. The molecular formula is C18H13ClN4O. The first-order chi connectivity index (χ1) is 11.7. The van der Waals surface area contributed by atoms with Crippen LogP contribution in [0, 0.1) is 11.3 Å². The van der Waals surface area contributed by atoms with Gasteiger partial charge in [0.15, 0.2) is 0 Å². The number of nitriles is 1. The van der Waals surface area contributed by atoms with Gasteiger partial charge in [0.2, 0.25) is 0 Å². The molecular weight excluding hydrogens is 324 g/mol. The Hall–Kier alpha value is -3.10. The third-order valence-corrected chi connectivity index (χ3v) is 3.78. The topological polar surface area (TPSA) is 70.7 Å². The van der Waals surface area contributed by atoms with Crippen molar-refractivity contribution in [2.45, 2.75) is 6.54 Å². The van der Waals surface area contributed by atoms with Gasteiger partial charge < -0.3 is 5.32 Å². The second-order valence-corrected chi connectivity index (χ2v) is 5.57. The molecule has 2 aromatic carbocycles. The van der Waals surface area contributed by atoms with Crippen LogP contribution in [-0.4, -0.2) is 15.7 Å². The van der Waals surface area contributed by atoms with Crippen molar-refractivity contribution in [2.75, 3.05) is 5.32 Å². The van der Waals surface area contributed by atoms with E-state index in [9.17, 15) is 4.79 Å². The maximum atomic E-state index is 12.3. The lowest BCUT2D eigenvalue weighted by Gasteiger charge is -2.07. The number of carbonyl (C=O) groups excluding carboxylic acids is 1. The average Bonchev–Trinajstić information content (AvgIpc) is 3.08. The van der Waals surface area contributed by atoms with Gasteiger partial charge in [-0.2, -0.15) is 10.4 Å². The molecule has 0 aliphatic rings. The van der Waals surface area contributed by atoms with Crippen molar-refractivity contribution in [3.8, 4) is 6.07 Å². The Morgan fingerprint density at radius 3 is 2.67 bits per heavy atom. The summed E-state index contributed by atoms with van der Waals surface area (Å²) in [7, 11) is 0. The molecule has 0 saturated heterocycles. The van der Waals surface area contributed by atoms with Crippen LogP contribution in [0.3, 0.4) is 0 Å². The van der Waals surface area contributed by atoms with Gasteiger partial charge in [-0.15, -0.1) is 0 Å². The minimum Gasteiger partial charge on any atom is -0.322 e. The molecule has 0 fully saturated rings. The summed E-state index contributed by atoms with van der Waals surface area (Å²) in [4.78, 5) is 12.3. The molecule has 3 rings (SSSR count). The van der Waals surface area contributed by atoms with E-state index in [0.29, 0.717) is 28.4 Å². The Morgan fingerprint density at radius 2 is 2.04 bits per heavy atom. The molecule has 1 heterocycles. The lowest BCUT2D eigenvalue weighted by molar-refractivity contribution is 0.102. The molecule has 0 spiro atoms. The summed E-state index contributed by atoms with van der Waals surface area (Å²) in [5.74, 6) is -0.235.